The smallest absolute Gasteiger partial charge is 0.213 e. The Kier molecular flexibility index (Phi) is 7.92. The number of aliphatic imine (C=N–C) groups is 1. The minimum Gasteiger partial charge on any atom is -0.474 e. The lowest BCUT2D eigenvalue weighted by molar-refractivity contribution is 0.148. The molecule has 2 aromatic rings. The second-order valence-electron chi connectivity index (χ2n) is 8.51. The van der Waals surface area contributed by atoms with E-state index in [1.807, 2.05) is 23.0 Å². The number of nitrogens with one attached hydrogen (secondary N) is 2. The van der Waals surface area contributed by atoms with Gasteiger partial charge in [0.05, 0.1) is 13.1 Å². The predicted octanol–water partition coefficient (Wildman–Crippen LogP) is 2.60. The molecule has 0 spiro atoms. The summed E-state index contributed by atoms with van der Waals surface area (Å²) < 4.78 is 13.2. The van der Waals surface area contributed by atoms with Crippen LogP contribution in [0.5, 0.6) is 5.88 Å². The fraction of sp³-hybridized carbons (Fsp3) is 0.652. The Labute approximate surface area is 190 Å². The van der Waals surface area contributed by atoms with E-state index < -0.39 is 0 Å². The van der Waals surface area contributed by atoms with Gasteiger partial charge in [0.2, 0.25) is 5.88 Å². The average molecular weight is 442 g/mol. The van der Waals surface area contributed by atoms with E-state index in [2.05, 4.69) is 32.6 Å². The second-order valence-corrected chi connectivity index (χ2v) is 8.51. The van der Waals surface area contributed by atoms with E-state index in [0.29, 0.717) is 25.1 Å². The van der Waals surface area contributed by atoms with Crippen LogP contribution < -0.4 is 15.4 Å². The number of methoxy groups -OCH3 is 1. The summed E-state index contributed by atoms with van der Waals surface area (Å²) in [6.07, 6.45) is 10.1. The minimum absolute atomic E-state index is 0.250. The third-order valence-electron chi connectivity index (χ3n) is 5.92. The first-order valence-electron chi connectivity index (χ1n) is 11.8. The molecule has 0 aromatic carbocycles. The quantitative estimate of drug-likeness (QED) is 0.480. The number of rotatable bonds is 8. The van der Waals surface area contributed by atoms with E-state index in [0.717, 1.165) is 61.9 Å². The monoisotopic (exact) mass is 441 g/mol. The molecule has 1 saturated carbocycles. The molecule has 9 nitrogen and oxygen atoms in total. The molecule has 9 heteroatoms. The van der Waals surface area contributed by atoms with Crippen molar-refractivity contribution in [3.63, 3.8) is 0 Å². The zero-order valence-corrected chi connectivity index (χ0v) is 19.2. The zero-order chi connectivity index (χ0) is 22.2. The number of fused-ring (bicyclic) bond motifs is 1. The Bertz CT molecular complexity index is 892. The van der Waals surface area contributed by atoms with Crippen LogP contribution in [0.3, 0.4) is 0 Å². The van der Waals surface area contributed by atoms with Crippen LogP contribution in [0.2, 0.25) is 0 Å². The number of aryl methyl sites for hydroxylation is 1. The van der Waals surface area contributed by atoms with Gasteiger partial charge in [-0.05, 0) is 50.7 Å². The SMILES string of the molecule is CCNC(=NCc1ccnc(OC2CCCCC2)c1)NC1CCc2nc(COC)nn2C1. The number of nitrogens with zero attached hydrogens (tertiary/aromatic N) is 5. The first-order chi connectivity index (χ1) is 15.7. The first-order valence-corrected chi connectivity index (χ1v) is 11.8. The highest BCUT2D eigenvalue weighted by Gasteiger charge is 2.22. The summed E-state index contributed by atoms with van der Waals surface area (Å²) >= 11 is 0. The lowest BCUT2D eigenvalue weighted by atomic mass is 9.98. The van der Waals surface area contributed by atoms with Gasteiger partial charge in [-0.2, -0.15) is 5.10 Å². The Morgan fingerprint density at radius 1 is 1.25 bits per heavy atom. The van der Waals surface area contributed by atoms with Gasteiger partial charge in [-0.25, -0.2) is 19.6 Å². The van der Waals surface area contributed by atoms with Crippen LogP contribution in [0.15, 0.2) is 23.3 Å². The highest BCUT2D eigenvalue weighted by Crippen LogP contribution is 2.22. The van der Waals surface area contributed by atoms with Gasteiger partial charge in [0.25, 0.3) is 0 Å². The molecule has 0 bridgehead atoms. The maximum absolute atomic E-state index is 6.11. The van der Waals surface area contributed by atoms with Crippen LogP contribution in [0, 0.1) is 0 Å². The molecule has 1 aliphatic heterocycles. The van der Waals surface area contributed by atoms with Gasteiger partial charge in [-0.3, -0.25) is 0 Å². The zero-order valence-electron chi connectivity index (χ0n) is 19.2. The summed E-state index contributed by atoms with van der Waals surface area (Å²) in [6.45, 7) is 4.66. The molecule has 0 radical (unpaired) electrons. The third-order valence-corrected chi connectivity index (χ3v) is 5.92. The molecule has 3 heterocycles. The van der Waals surface area contributed by atoms with Crippen LogP contribution in [-0.2, 0) is 30.9 Å². The summed E-state index contributed by atoms with van der Waals surface area (Å²) in [6, 6.07) is 4.27. The van der Waals surface area contributed by atoms with Crippen molar-refractivity contribution in [2.24, 2.45) is 4.99 Å². The standard InChI is InChI=1S/C23H35N7O2/c1-3-24-23(27-18-9-10-21-28-20(16-31-2)29-30(21)15-18)26-14-17-11-12-25-22(13-17)32-19-7-5-4-6-8-19/h11-13,18-19H,3-10,14-16H2,1-2H3,(H2,24,26,27). The fourth-order valence-corrected chi connectivity index (χ4v) is 4.32. The Hall–Kier alpha value is -2.68. The highest BCUT2D eigenvalue weighted by atomic mass is 16.5. The molecular weight excluding hydrogens is 406 g/mol. The topological polar surface area (TPSA) is 98.5 Å². The largest absolute Gasteiger partial charge is 0.474 e. The lowest BCUT2D eigenvalue weighted by Crippen LogP contribution is -2.47. The van der Waals surface area contributed by atoms with Gasteiger partial charge < -0.3 is 20.1 Å². The highest BCUT2D eigenvalue weighted by molar-refractivity contribution is 5.80. The van der Waals surface area contributed by atoms with Crippen LogP contribution >= 0.6 is 0 Å². The van der Waals surface area contributed by atoms with Gasteiger partial charge in [0, 0.05) is 38.4 Å². The average Bonchev–Trinajstić information content (AvgIpc) is 3.20. The Morgan fingerprint density at radius 2 is 2.12 bits per heavy atom. The molecule has 1 fully saturated rings. The normalized spacial score (nSPS) is 19.4. The first kappa shape index (κ1) is 22.5. The van der Waals surface area contributed by atoms with E-state index in [-0.39, 0.29) is 6.04 Å². The van der Waals surface area contributed by atoms with Crippen molar-refractivity contribution in [2.75, 3.05) is 13.7 Å². The van der Waals surface area contributed by atoms with Crippen LogP contribution in [-0.4, -0.2) is 51.5 Å². The van der Waals surface area contributed by atoms with E-state index >= 15 is 0 Å². The van der Waals surface area contributed by atoms with Gasteiger partial charge in [-0.1, -0.05) is 6.42 Å². The number of hydrogen-bond donors (Lipinski definition) is 2. The van der Waals surface area contributed by atoms with Crippen molar-refractivity contribution in [1.29, 1.82) is 0 Å². The van der Waals surface area contributed by atoms with E-state index in [9.17, 15) is 0 Å². The van der Waals surface area contributed by atoms with Crippen LogP contribution in [0.25, 0.3) is 0 Å². The summed E-state index contributed by atoms with van der Waals surface area (Å²) in [4.78, 5) is 13.8. The summed E-state index contributed by atoms with van der Waals surface area (Å²) in [5.41, 5.74) is 1.09. The number of guanidine groups is 1. The molecule has 174 valence electrons. The van der Waals surface area contributed by atoms with E-state index in [4.69, 9.17) is 14.5 Å². The van der Waals surface area contributed by atoms with Crippen molar-refractivity contribution < 1.29 is 9.47 Å². The van der Waals surface area contributed by atoms with Crippen LogP contribution in [0.4, 0.5) is 0 Å². The molecular formula is C23H35N7O2. The van der Waals surface area contributed by atoms with Gasteiger partial charge in [0.1, 0.15) is 18.5 Å². The number of aromatic nitrogens is 4. The molecule has 1 aliphatic carbocycles. The van der Waals surface area contributed by atoms with Gasteiger partial charge in [0.15, 0.2) is 11.8 Å². The van der Waals surface area contributed by atoms with Gasteiger partial charge in [-0.15, -0.1) is 0 Å². The number of pyridine rings is 1. The maximum atomic E-state index is 6.11. The second kappa shape index (κ2) is 11.3. The summed E-state index contributed by atoms with van der Waals surface area (Å²) in [5.74, 6) is 3.29. The molecule has 0 saturated heterocycles. The summed E-state index contributed by atoms with van der Waals surface area (Å²) in [7, 11) is 1.66. The van der Waals surface area contributed by atoms with Crippen molar-refractivity contribution in [1.82, 2.24) is 30.4 Å². The molecule has 2 N–H and O–H groups in total. The summed E-state index contributed by atoms with van der Waals surface area (Å²) in [5, 5.41) is 11.5. The molecule has 2 aromatic heterocycles. The maximum Gasteiger partial charge on any atom is 0.213 e. The Morgan fingerprint density at radius 3 is 2.94 bits per heavy atom. The Balaban J connectivity index is 1.35. The molecule has 2 aliphatic rings. The molecule has 1 unspecified atom stereocenters. The van der Waals surface area contributed by atoms with E-state index in [1.54, 1.807) is 7.11 Å². The van der Waals surface area contributed by atoms with Crippen molar-refractivity contribution in [3.8, 4) is 5.88 Å². The molecule has 1 atom stereocenters. The molecule has 32 heavy (non-hydrogen) atoms. The lowest BCUT2D eigenvalue weighted by Gasteiger charge is -2.25. The van der Waals surface area contributed by atoms with Crippen LogP contribution in [0.1, 0.15) is 62.7 Å². The van der Waals surface area contributed by atoms with Gasteiger partial charge >= 0.3 is 0 Å². The fourth-order valence-electron chi connectivity index (χ4n) is 4.32. The van der Waals surface area contributed by atoms with E-state index in [1.165, 1.54) is 19.3 Å². The third kappa shape index (κ3) is 6.18. The number of hydrogen-bond acceptors (Lipinski definition) is 6. The molecule has 0 amide bonds. The van der Waals surface area contributed by atoms with Crippen molar-refractivity contribution in [3.05, 3.63) is 35.5 Å². The molecule has 4 rings (SSSR count). The minimum atomic E-state index is 0.250. The van der Waals surface area contributed by atoms with Crippen molar-refractivity contribution >= 4 is 5.96 Å². The number of ether oxygens (including phenoxy) is 2. The predicted molar refractivity (Wildman–Crippen MR) is 123 cm³/mol. The van der Waals surface area contributed by atoms with Crippen molar-refractivity contribution in [2.45, 2.75) is 83.7 Å².